The molecule has 5 nitrogen and oxygen atoms in total. The SMILES string of the molecule is Nc1ccc(CC(=O)N2CCN(c3ccc(O)cc3)CC2)cc1. The second-order valence-electron chi connectivity index (χ2n) is 5.80. The van der Waals surface area contributed by atoms with Gasteiger partial charge in [0.1, 0.15) is 5.75 Å². The average molecular weight is 311 g/mol. The van der Waals surface area contributed by atoms with Crippen LogP contribution in [0.2, 0.25) is 0 Å². The quantitative estimate of drug-likeness (QED) is 0.849. The smallest absolute Gasteiger partial charge is 0.227 e. The van der Waals surface area contributed by atoms with Crippen molar-refractivity contribution < 1.29 is 9.90 Å². The number of carbonyl (C=O) groups excluding carboxylic acids is 1. The maximum Gasteiger partial charge on any atom is 0.227 e. The van der Waals surface area contributed by atoms with E-state index in [1.54, 1.807) is 12.1 Å². The van der Waals surface area contributed by atoms with Crippen LogP contribution in [0.5, 0.6) is 5.75 Å². The Balaban J connectivity index is 1.54. The van der Waals surface area contributed by atoms with E-state index >= 15 is 0 Å². The zero-order valence-corrected chi connectivity index (χ0v) is 13.0. The van der Waals surface area contributed by atoms with Gasteiger partial charge in [0.05, 0.1) is 6.42 Å². The van der Waals surface area contributed by atoms with Crippen molar-refractivity contribution in [3.63, 3.8) is 0 Å². The molecule has 120 valence electrons. The van der Waals surface area contributed by atoms with Crippen LogP contribution in [0.15, 0.2) is 48.5 Å². The summed E-state index contributed by atoms with van der Waals surface area (Å²) in [6, 6.07) is 14.6. The third kappa shape index (κ3) is 3.74. The number of nitrogen functional groups attached to an aromatic ring is 1. The average Bonchev–Trinajstić information content (AvgIpc) is 2.58. The van der Waals surface area contributed by atoms with E-state index in [-0.39, 0.29) is 11.7 Å². The van der Waals surface area contributed by atoms with Gasteiger partial charge in [0.2, 0.25) is 5.91 Å². The van der Waals surface area contributed by atoms with Crippen molar-refractivity contribution in [1.29, 1.82) is 0 Å². The van der Waals surface area contributed by atoms with E-state index in [0.717, 1.165) is 24.3 Å². The van der Waals surface area contributed by atoms with Crippen molar-refractivity contribution >= 4 is 17.3 Å². The maximum absolute atomic E-state index is 12.4. The molecule has 0 aliphatic carbocycles. The number of phenols is 1. The Morgan fingerprint density at radius 3 is 2.17 bits per heavy atom. The molecule has 1 aliphatic rings. The molecule has 1 aliphatic heterocycles. The third-order valence-electron chi connectivity index (χ3n) is 4.18. The van der Waals surface area contributed by atoms with E-state index in [0.29, 0.717) is 25.2 Å². The molecular formula is C18H21N3O2. The molecule has 2 aromatic rings. The lowest BCUT2D eigenvalue weighted by Gasteiger charge is -2.36. The van der Waals surface area contributed by atoms with E-state index in [1.807, 2.05) is 41.3 Å². The monoisotopic (exact) mass is 311 g/mol. The molecule has 1 heterocycles. The molecule has 0 spiro atoms. The van der Waals surface area contributed by atoms with Crippen LogP contribution in [0.3, 0.4) is 0 Å². The van der Waals surface area contributed by atoms with Gasteiger partial charge in [-0.2, -0.15) is 0 Å². The summed E-state index contributed by atoms with van der Waals surface area (Å²) in [4.78, 5) is 16.5. The predicted molar refractivity (Wildman–Crippen MR) is 91.5 cm³/mol. The van der Waals surface area contributed by atoms with Gasteiger partial charge in [-0.25, -0.2) is 0 Å². The molecule has 1 amide bonds. The number of anilines is 2. The molecule has 0 unspecified atom stereocenters. The van der Waals surface area contributed by atoms with Crippen LogP contribution in [0, 0.1) is 0 Å². The van der Waals surface area contributed by atoms with Gasteiger partial charge in [-0.1, -0.05) is 12.1 Å². The van der Waals surface area contributed by atoms with Gasteiger partial charge < -0.3 is 20.6 Å². The minimum absolute atomic E-state index is 0.153. The Morgan fingerprint density at radius 2 is 1.57 bits per heavy atom. The van der Waals surface area contributed by atoms with Crippen LogP contribution in [-0.2, 0) is 11.2 Å². The summed E-state index contributed by atoms with van der Waals surface area (Å²) < 4.78 is 0. The van der Waals surface area contributed by atoms with Gasteiger partial charge in [0, 0.05) is 37.6 Å². The topological polar surface area (TPSA) is 69.8 Å². The lowest BCUT2D eigenvalue weighted by molar-refractivity contribution is -0.130. The lowest BCUT2D eigenvalue weighted by atomic mass is 10.1. The zero-order chi connectivity index (χ0) is 16.2. The minimum atomic E-state index is 0.153. The number of rotatable bonds is 3. The van der Waals surface area contributed by atoms with Crippen molar-refractivity contribution in [2.45, 2.75) is 6.42 Å². The highest BCUT2D eigenvalue weighted by Crippen LogP contribution is 2.20. The largest absolute Gasteiger partial charge is 0.508 e. The fourth-order valence-electron chi connectivity index (χ4n) is 2.80. The van der Waals surface area contributed by atoms with Crippen LogP contribution in [-0.4, -0.2) is 42.1 Å². The molecule has 2 aromatic carbocycles. The summed E-state index contributed by atoms with van der Waals surface area (Å²) in [5.74, 6) is 0.422. The van der Waals surface area contributed by atoms with Crippen molar-refractivity contribution in [2.24, 2.45) is 0 Å². The first-order valence-electron chi connectivity index (χ1n) is 7.78. The molecule has 0 bridgehead atoms. The molecule has 23 heavy (non-hydrogen) atoms. The van der Waals surface area contributed by atoms with E-state index in [1.165, 1.54) is 0 Å². The predicted octanol–water partition coefficient (Wildman–Crippen LogP) is 1.87. The van der Waals surface area contributed by atoms with Crippen LogP contribution >= 0.6 is 0 Å². The van der Waals surface area contributed by atoms with E-state index in [9.17, 15) is 9.90 Å². The second-order valence-corrected chi connectivity index (χ2v) is 5.80. The summed E-state index contributed by atoms with van der Waals surface area (Å²) in [5.41, 5.74) is 8.44. The number of hydrogen-bond acceptors (Lipinski definition) is 4. The molecule has 1 fully saturated rings. The van der Waals surface area contributed by atoms with Gasteiger partial charge in [0.15, 0.2) is 0 Å². The molecule has 0 saturated carbocycles. The Bertz CT molecular complexity index is 660. The van der Waals surface area contributed by atoms with Crippen molar-refractivity contribution in [2.75, 3.05) is 36.8 Å². The molecule has 3 rings (SSSR count). The summed E-state index contributed by atoms with van der Waals surface area (Å²) >= 11 is 0. The molecule has 1 saturated heterocycles. The van der Waals surface area contributed by atoms with Crippen LogP contribution in [0.1, 0.15) is 5.56 Å². The first kappa shape index (κ1) is 15.2. The van der Waals surface area contributed by atoms with Gasteiger partial charge >= 0.3 is 0 Å². The molecule has 5 heteroatoms. The zero-order valence-electron chi connectivity index (χ0n) is 13.0. The standard InChI is InChI=1S/C18H21N3O2/c19-15-3-1-14(2-4-15)13-18(23)21-11-9-20(10-12-21)16-5-7-17(22)8-6-16/h1-8,22H,9-13,19H2. The second kappa shape index (κ2) is 6.60. The van der Waals surface area contributed by atoms with Crippen LogP contribution in [0.4, 0.5) is 11.4 Å². The number of nitrogens with two attached hydrogens (primary N) is 1. The first-order chi connectivity index (χ1) is 11.1. The summed E-state index contributed by atoms with van der Waals surface area (Å²) in [6.07, 6.45) is 0.416. The number of aromatic hydroxyl groups is 1. The number of amides is 1. The van der Waals surface area contributed by atoms with Crippen molar-refractivity contribution in [3.05, 3.63) is 54.1 Å². The molecule has 0 aromatic heterocycles. The number of hydrogen-bond donors (Lipinski definition) is 2. The number of carbonyl (C=O) groups is 1. The highest BCUT2D eigenvalue weighted by molar-refractivity contribution is 5.79. The Hall–Kier alpha value is -2.69. The Morgan fingerprint density at radius 1 is 0.957 bits per heavy atom. The number of benzene rings is 2. The maximum atomic E-state index is 12.4. The van der Waals surface area contributed by atoms with Gasteiger partial charge in [-0.05, 0) is 42.0 Å². The highest BCUT2D eigenvalue weighted by Gasteiger charge is 2.21. The van der Waals surface area contributed by atoms with Crippen LogP contribution in [0.25, 0.3) is 0 Å². The highest BCUT2D eigenvalue weighted by atomic mass is 16.3. The van der Waals surface area contributed by atoms with Crippen molar-refractivity contribution in [3.8, 4) is 5.75 Å². The minimum Gasteiger partial charge on any atom is -0.508 e. The van der Waals surface area contributed by atoms with E-state index < -0.39 is 0 Å². The lowest BCUT2D eigenvalue weighted by Crippen LogP contribution is -2.49. The Labute approximate surface area is 135 Å². The molecule has 0 atom stereocenters. The summed E-state index contributed by atoms with van der Waals surface area (Å²) in [7, 11) is 0. The third-order valence-corrected chi connectivity index (χ3v) is 4.18. The number of nitrogens with zero attached hydrogens (tertiary/aromatic N) is 2. The summed E-state index contributed by atoms with van der Waals surface area (Å²) in [6.45, 7) is 3.04. The van der Waals surface area contributed by atoms with E-state index in [4.69, 9.17) is 5.73 Å². The number of phenolic OH excluding ortho intramolecular Hbond substituents is 1. The summed E-state index contributed by atoms with van der Waals surface area (Å²) in [5, 5.41) is 9.35. The normalized spacial score (nSPS) is 14.8. The van der Waals surface area contributed by atoms with Crippen molar-refractivity contribution in [1.82, 2.24) is 4.90 Å². The van der Waals surface area contributed by atoms with Gasteiger partial charge in [0.25, 0.3) is 0 Å². The fraction of sp³-hybridized carbons (Fsp3) is 0.278. The van der Waals surface area contributed by atoms with Gasteiger partial charge in [-0.15, -0.1) is 0 Å². The van der Waals surface area contributed by atoms with E-state index in [2.05, 4.69) is 4.90 Å². The fourth-order valence-corrected chi connectivity index (χ4v) is 2.80. The van der Waals surface area contributed by atoms with Crippen LogP contribution < -0.4 is 10.6 Å². The Kier molecular flexibility index (Phi) is 4.37. The molecule has 3 N–H and O–H groups in total. The van der Waals surface area contributed by atoms with Gasteiger partial charge in [-0.3, -0.25) is 4.79 Å². The molecular weight excluding hydrogens is 290 g/mol. The first-order valence-corrected chi connectivity index (χ1v) is 7.78. The number of piperazine rings is 1. The molecule has 0 radical (unpaired) electrons.